The van der Waals surface area contributed by atoms with Crippen LogP contribution in [0.3, 0.4) is 0 Å². The third-order valence-corrected chi connectivity index (χ3v) is 4.50. The highest BCUT2D eigenvalue weighted by atomic mass is 16.5. The maximum absolute atomic E-state index is 12.4. The highest BCUT2D eigenvalue weighted by Gasteiger charge is 2.34. The summed E-state index contributed by atoms with van der Waals surface area (Å²) >= 11 is 0. The minimum absolute atomic E-state index is 0.118. The molecule has 0 radical (unpaired) electrons. The summed E-state index contributed by atoms with van der Waals surface area (Å²) < 4.78 is 10.2. The molecule has 124 valence electrons. The van der Waals surface area contributed by atoms with Crippen LogP contribution in [0.5, 0.6) is 5.75 Å². The van der Waals surface area contributed by atoms with Crippen LogP contribution in [-0.4, -0.2) is 67.6 Å². The fourth-order valence-electron chi connectivity index (χ4n) is 3.17. The van der Waals surface area contributed by atoms with E-state index >= 15 is 0 Å². The van der Waals surface area contributed by atoms with E-state index in [1.807, 2.05) is 29.2 Å². The Balaban J connectivity index is 1.52. The van der Waals surface area contributed by atoms with Gasteiger partial charge in [-0.3, -0.25) is 14.5 Å². The third-order valence-electron chi connectivity index (χ3n) is 4.50. The fourth-order valence-corrected chi connectivity index (χ4v) is 3.17. The number of amides is 1. The molecule has 1 atom stereocenters. The van der Waals surface area contributed by atoms with Crippen molar-refractivity contribution in [3.05, 3.63) is 29.8 Å². The summed E-state index contributed by atoms with van der Waals surface area (Å²) in [7, 11) is 1.62. The summed E-state index contributed by atoms with van der Waals surface area (Å²) in [6.07, 6.45) is 1.14. The Hall–Kier alpha value is -2.08. The van der Waals surface area contributed by atoms with Gasteiger partial charge in [0.1, 0.15) is 11.8 Å². The zero-order valence-corrected chi connectivity index (χ0v) is 13.4. The Morgan fingerprint density at radius 1 is 1.30 bits per heavy atom. The van der Waals surface area contributed by atoms with Gasteiger partial charge in [-0.05, 0) is 17.7 Å². The molecule has 0 spiro atoms. The van der Waals surface area contributed by atoms with E-state index < -0.39 is 0 Å². The molecular weight excluding hydrogens is 296 g/mol. The molecule has 0 saturated carbocycles. The van der Waals surface area contributed by atoms with E-state index in [-0.39, 0.29) is 17.9 Å². The van der Waals surface area contributed by atoms with Gasteiger partial charge in [0.25, 0.3) is 0 Å². The number of carbonyl (C=O) groups is 2. The van der Waals surface area contributed by atoms with Crippen molar-refractivity contribution < 1.29 is 19.1 Å². The summed E-state index contributed by atoms with van der Waals surface area (Å²) in [5, 5.41) is 0. The smallest absolute Gasteiger partial charge is 0.323 e. The summed E-state index contributed by atoms with van der Waals surface area (Å²) in [5.41, 5.74) is 0.955. The molecule has 0 aliphatic carbocycles. The Bertz CT molecular complexity index is 582. The number of hydrogen-bond acceptors (Lipinski definition) is 5. The predicted molar refractivity (Wildman–Crippen MR) is 84.2 cm³/mol. The van der Waals surface area contributed by atoms with E-state index in [9.17, 15) is 9.59 Å². The van der Waals surface area contributed by atoms with Gasteiger partial charge in [0.05, 0.1) is 20.1 Å². The summed E-state index contributed by atoms with van der Waals surface area (Å²) in [6.45, 7) is 3.28. The molecule has 6 heteroatoms. The second-order valence-electron chi connectivity index (χ2n) is 5.92. The Labute approximate surface area is 136 Å². The summed E-state index contributed by atoms with van der Waals surface area (Å²) in [4.78, 5) is 28.1. The molecule has 3 rings (SSSR count). The van der Waals surface area contributed by atoms with Gasteiger partial charge in [-0.15, -0.1) is 0 Å². The Morgan fingerprint density at radius 3 is 2.74 bits per heavy atom. The van der Waals surface area contributed by atoms with E-state index in [4.69, 9.17) is 9.47 Å². The van der Waals surface area contributed by atoms with Crippen LogP contribution in [0.4, 0.5) is 0 Å². The van der Waals surface area contributed by atoms with Crippen LogP contribution >= 0.6 is 0 Å². The van der Waals surface area contributed by atoms with Crippen LogP contribution in [0.2, 0.25) is 0 Å². The minimum atomic E-state index is -0.124. The number of hydrogen-bond donors (Lipinski definition) is 0. The van der Waals surface area contributed by atoms with Crippen molar-refractivity contribution in [2.24, 2.45) is 0 Å². The molecule has 2 saturated heterocycles. The van der Waals surface area contributed by atoms with Gasteiger partial charge < -0.3 is 14.4 Å². The number of ether oxygens (including phenoxy) is 2. The molecule has 0 bridgehead atoms. The monoisotopic (exact) mass is 318 g/mol. The number of cyclic esters (lactones) is 1. The molecule has 1 amide bonds. The van der Waals surface area contributed by atoms with Crippen LogP contribution in [0.25, 0.3) is 0 Å². The first-order valence-corrected chi connectivity index (χ1v) is 7.99. The average molecular weight is 318 g/mol. The van der Waals surface area contributed by atoms with Crippen LogP contribution in [0, 0.1) is 0 Å². The van der Waals surface area contributed by atoms with Crippen LogP contribution in [-0.2, 0) is 20.7 Å². The number of benzene rings is 1. The standard InChI is InChI=1S/C17H22N2O4/c1-22-14-4-2-3-13(11-14)12-16(20)19-8-6-18(7-9-19)15-5-10-23-17(15)21/h2-4,11,15H,5-10,12H2,1H3/t15-/m0/s1. The van der Waals surface area contributed by atoms with Crippen LogP contribution in [0.1, 0.15) is 12.0 Å². The van der Waals surface area contributed by atoms with E-state index in [1.54, 1.807) is 7.11 Å². The summed E-state index contributed by atoms with van der Waals surface area (Å²) in [5.74, 6) is 0.757. The lowest BCUT2D eigenvalue weighted by molar-refractivity contribution is -0.143. The second-order valence-corrected chi connectivity index (χ2v) is 5.92. The van der Waals surface area contributed by atoms with E-state index in [1.165, 1.54) is 0 Å². The summed E-state index contributed by atoms with van der Waals surface area (Å²) in [6, 6.07) is 7.47. The number of piperazine rings is 1. The largest absolute Gasteiger partial charge is 0.497 e. The lowest BCUT2D eigenvalue weighted by atomic mass is 10.1. The van der Waals surface area contributed by atoms with E-state index in [2.05, 4.69) is 4.90 Å². The number of methoxy groups -OCH3 is 1. The molecule has 2 heterocycles. The quantitative estimate of drug-likeness (QED) is 0.765. The molecule has 2 aliphatic rings. The SMILES string of the molecule is COc1cccc(CC(=O)N2CCN([C@H]3CCOC3=O)CC2)c1. The molecule has 1 aromatic carbocycles. The van der Waals surface area contributed by atoms with Gasteiger partial charge in [0.2, 0.25) is 5.91 Å². The highest BCUT2D eigenvalue weighted by molar-refractivity contribution is 5.79. The van der Waals surface area contributed by atoms with Crippen LogP contribution in [0.15, 0.2) is 24.3 Å². The maximum atomic E-state index is 12.4. The van der Waals surface area contributed by atoms with Crippen molar-refractivity contribution in [1.29, 1.82) is 0 Å². The number of esters is 1. The second kappa shape index (κ2) is 7.00. The molecule has 6 nitrogen and oxygen atoms in total. The van der Waals surface area contributed by atoms with Crippen LogP contribution < -0.4 is 4.74 Å². The molecular formula is C17H22N2O4. The first-order valence-electron chi connectivity index (χ1n) is 7.99. The van der Waals surface area contributed by atoms with E-state index in [0.717, 1.165) is 30.8 Å². The number of rotatable bonds is 4. The molecule has 2 aliphatic heterocycles. The first kappa shape index (κ1) is 15.8. The average Bonchev–Trinajstić information content (AvgIpc) is 3.01. The van der Waals surface area contributed by atoms with Crippen molar-refractivity contribution in [2.75, 3.05) is 39.9 Å². The molecule has 0 N–H and O–H groups in total. The first-order chi connectivity index (χ1) is 11.2. The van der Waals surface area contributed by atoms with Crippen molar-refractivity contribution >= 4 is 11.9 Å². The zero-order valence-electron chi connectivity index (χ0n) is 13.4. The van der Waals surface area contributed by atoms with Gasteiger partial charge in [0, 0.05) is 32.6 Å². The van der Waals surface area contributed by atoms with Gasteiger partial charge in [-0.1, -0.05) is 12.1 Å². The number of carbonyl (C=O) groups excluding carboxylic acids is 2. The van der Waals surface area contributed by atoms with Gasteiger partial charge in [0.15, 0.2) is 0 Å². The zero-order chi connectivity index (χ0) is 16.2. The highest BCUT2D eigenvalue weighted by Crippen LogP contribution is 2.18. The Kier molecular flexibility index (Phi) is 4.81. The third kappa shape index (κ3) is 3.64. The van der Waals surface area contributed by atoms with Crippen molar-refractivity contribution in [3.8, 4) is 5.75 Å². The lowest BCUT2D eigenvalue weighted by Crippen LogP contribution is -2.53. The Morgan fingerprint density at radius 2 is 2.09 bits per heavy atom. The van der Waals surface area contributed by atoms with Crippen molar-refractivity contribution in [3.63, 3.8) is 0 Å². The molecule has 23 heavy (non-hydrogen) atoms. The normalized spacial score (nSPS) is 22.0. The van der Waals surface area contributed by atoms with Gasteiger partial charge >= 0.3 is 5.97 Å². The van der Waals surface area contributed by atoms with Crippen molar-refractivity contribution in [1.82, 2.24) is 9.80 Å². The van der Waals surface area contributed by atoms with Crippen molar-refractivity contribution in [2.45, 2.75) is 18.9 Å². The van der Waals surface area contributed by atoms with E-state index in [0.29, 0.717) is 26.1 Å². The number of nitrogens with zero attached hydrogens (tertiary/aromatic N) is 2. The molecule has 1 aromatic rings. The van der Waals surface area contributed by atoms with Gasteiger partial charge in [-0.2, -0.15) is 0 Å². The topological polar surface area (TPSA) is 59.1 Å². The predicted octanol–water partition coefficient (Wildman–Crippen LogP) is 0.697. The molecule has 0 unspecified atom stereocenters. The molecule has 2 fully saturated rings. The lowest BCUT2D eigenvalue weighted by Gasteiger charge is -2.36. The molecule has 0 aromatic heterocycles. The maximum Gasteiger partial charge on any atom is 0.323 e. The fraction of sp³-hybridized carbons (Fsp3) is 0.529. The van der Waals surface area contributed by atoms with Gasteiger partial charge in [-0.25, -0.2) is 0 Å². The minimum Gasteiger partial charge on any atom is -0.497 e.